The number of carbonyl (C=O) groups excluding carboxylic acids is 1. The van der Waals surface area contributed by atoms with Crippen molar-refractivity contribution in [2.75, 3.05) is 0 Å². The van der Waals surface area contributed by atoms with Gasteiger partial charge in [0.05, 0.1) is 0 Å². The van der Waals surface area contributed by atoms with Gasteiger partial charge >= 0.3 is 0 Å². The monoisotopic (exact) mass is 412 g/mol. The third-order valence-electron chi connectivity index (χ3n) is 5.74. The largest absolute Gasteiger partial charge is 0.366 e. The van der Waals surface area contributed by atoms with Gasteiger partial charge in [0, 0.05) is 24.6 Å². The number of primary amides is 1. The van der Waals surface area contributed by atoms with E-state index < -0.39 is 11.6 Å². The van der Waals surface area contributed by atoms with Crippen molar-refractivity contribution in [2.24, 2.45) is 5.73 Å². The van der Waals surface area contributed by atoms with Crippen LogP contribution in [0.3, 0.4) is 0 Å². The van der Waals surface area contributed by atoms with Crippen molar-refractivity contribution in [1.29, 1.82) is 0 Å². The summed E-state index contributed by atoms with van der Waals surface area (Å²) >= 11 is 0. The molecule has 5 heteroatoms. The highest BCUT2D eigenvalue weighted by molar-refractivity contribution is 5.94. The zero-order valence-corrected chi connectivity index (χ0v) is 17.3. The molecule has 1 amide bonds. The van der Waals surface area contributed by atoms with E-state index in [4.69, 9.17) is 5.73 Å². The number of nitrogens with two attached hydrogens (primary N) is 1. The predicted octanol–water partition coefficient (Wildman–Crippen LogP) is 4.29. The number of rotatable bonds is 5. The van der Waals surface area contributed by atoms with Gasteiger partial charge in [-0.1, -0.05) is 60.7 Å². The fourth-order valence-corrected chi connectivity index (χ4v) is 4.25. The van der Waals surface area contributed by atoms with Gasteiger partial charge in [0.2, 0.25) is 5.91 Å². The number of fused-ring (bicyclic) bond motifs is 1. The summed E-state index contributed by atoms with van der Waals surface area (Å²) in [6.07, 6.45) is 5.43. The molecule has 0 heterocycles. The standard InChI is InChI=1S/C24H25FN2O.ClH/c1-24(25)14-20(23(26)28)9-10-22(24)19-8-4-5-16(11-19)15-27-21-12-17-6-2-3-7-18(17)13-21;/h2-11,21,27H,12-15H2,1H3,(H2,26,28);1H. The van der Waals surface area contributed by atoms with Crippen LogP contribution in [0.25, 0.3) is 5.57 Å². The highest BCUT2D eigenvalue weighted by Gasteiger charge is 2.34. The van der Waals surface area contributed by atoms with E-state index in [1.165, 1.54) is 18.1 Å². The maximum Gasteiger partial charge on any atom is 0.244 e. The van der Waals surface area contributed by atoms with Gasteiger partial charge in [-0.2, -0.15) is 0 Å². The van der Waals surface area contributed by atoms with E-state index in [9.17, 15) is 4.79 Å². The summed E-state index contributed by atoms with van der Waals surface area (Å²) in [5.74, 6) is -0.560. The number of hydrogen-bond donors (Lipinski definition) is 2. The average molecular weight is 413 g/mol. The molecule has 3 nitrogen and oxygen atoms in total. The molecule has 2 aliphatic carbocycles. The summed E-state index contributed by atoms with van der Waals surface area (Å²) in [7, 11) is 0. The molecule has 1 atom stereocenters. The van der Waals surface area contributed by atoms with Crippen molar-refractivity contribution in [1.82, 2.24) is 5.32 Å². The Labute approximate surface area is 177 Å². The van der Waals surface area contributed by atoms with Gasteiger partial charge in [0.15, 0.2) is 0 Å². The topological polar surface area (TPSA) is 55.1 Å². The molecule has 0 saturated carbocycles. The molecule has 29 heavy (non-hydrogen) atoms. The number of halogens is 2. The third kappa shape index (κ3) is 4.60. The Hall–Kier alpha value is -2.43. The van der Waals surface area contributed by atoms with E-state index >= 15 is 4.39 Å². The summed E-state index contributed by atoms with van der Waals surface area (Å²) in [6, 6.07) is 17.0. The lowest BCUT2D eigenvalue weighted by atomic mass is 9.81. The molecular formula is C24H26ClFN2O. The number of carbonyl (C=O) groups is 1. The second-order valence-electron chi connectivity index (χ2n) is 7.97. The van der Waals surface area contributed by atoms with Crippen LogP contribution in [-0.4, -0.2) is 17.6 Å². The minimum absolute atomic E-state index is 0. The van der Waals surface area contributed by atoms with E-state index in [1.807, 2.05) is 18.2 Å². The quantitative estimate of drug-likeness (QED) is 0.769. The van der Waals surface area contributed by atoms with Crippen molar-refractivity contribution in [2.45, 2.75) is 44.4 Å². The van der Waals surface area contributed by atoms with Crippen molar-refractivity contribution >= 4 is 23.9 Å². The molecule has 0 spiro atoms. The van der Waals surface area contributed by atoms with E-state index in [-0.39, 0.29) is 18.8 Å². The molecule has 0 fully saturated rings. The van der Waals surface area contributed by atoms with Crippen LogP contribution < -0.4 is 11.1 Å². The van der Waals surface area contributed by atoms with Crippen LogP contribution in [0.5, 0.6) is 0 Å². The Morgan fingerprint density at radius 2 is 1.83 bits per heavy atom. The van der Waals surface area contributed by atoms with E-state index in [0.29, 0.717) is 17.2 Å². The molecule has 152 valence electrons. The van der Waals surface area contributed by atoms with Crippen LogP contribution in [0.1, 0.15) is 35.6 Å². The first-order valence-corrected chi connectivity index (χ1v) is 9.72. The molecule has 0 bridgehead atoms. The smallest absolute Gasteiger partial charge is 0.244 e. The zero-order chi connectivity index (χ0) is 19.7. The molecule has 0 saturated heterocycles. The van der Waals surface area contributed by atoms with E-state index in [1.54, 1.807) is 12.2 Å². The first-order valence-electron chi connectivity index (χ1n) is 9.72. The summed E-state index contributed by atoms with van der Waals surface area (Å²) in [5, 5.41) is 3.63. The molecular weight excluding hydrogens is 387 g/mol. The van der Waals surface area contributed by atoms with E-state index in [0.717, 1.165) is 30.5 Å². The number of amides is 1. The lowest BCUT2D eigenvalue weighted by molar-refractivity contribution is -0.114. The molecule has 0 aliphatic heterocycles. The van der Waals surface area contributed by atoms with E-state index in [2.05, 4.69) is 35.6 Å². The van der Waals surface area contributed by atoms with Gasteiger partial charge in [-0.05, 0) is 47.6 Å². The second kappa shape index (κ2) is 8.52. The Balaban J connectivity index is 0.00000240. The molecule has 2 aliphatic rings. The first-order chi connectivity index (χ1) is 13.4. The molecule has 0 aromatic heterocycles. The Morgan fingerprint density at radius 1 is 1.14 bits per heavy atom. The van der Waals surface area contributed by atoms with Crippen LogP contribution in [0.4, 0.5) is 4.39 Å². The third-order valence-corrected chi connectivity index (χ3v) is 5.74. The maximum absolute atomic E-state index is 15.2. The highest BCUT2D eigenvalue weighted by Crippen LogP contribution is 2.39. The SMILES string of the molecule is CC1(F)CC(C(N)=O)=CC=C1c1cccc(CNC2Cc3ccccc3C2)c1.Cl. The summed E-state index contributed by atoms with van der Waals surface area (Å²) < 4.78 is 15.2. The first kappa shape index (κ1) is 21.3. The maximum atomic E-state index is 15.2. The number of nitrogens with one attached hydrogen (secondary N) is 1. The van der Waals surface area contributed by atoms with Gasteiger partial charge in [-0.15, -0.1) is 12.4 Å². The fourth-order valence-electron chi connectivity index (χ4n) is 4.25. The molecule has 4 rings (SSSR count). The Kier molecular flexibility index (Phi) is 6.25. The van der Waals surface area contributed by atoms with Crippen molar-refractivity contribution < 1.29 is 9.18 Å². The lowest BCUT2D eigenvalue weighted by Crippen LogP contribution is -2.29. The van der Waals surface area contributed by atoms with Gasteiger partial charge in [0.25, 0.3) is 0 Å². The predicted molar refractivity (Wildman–Crippen MR) is 118 cm³/mol. The molecule has 2 aromatic rings. The number of allylic oxidation sites excluding steroid dienone is 3. The van der Waals surface area contributed by atoms with Crippen LogP contribution in [-0.2, 0) is 24.2 Å². The molecule has 1 unspecified atom stereocenters. The molecule has 2 aromatic carbocycles. The molecule has 0 radical (unpaired) electrons. The molecule has 3 N–H and O–H groups in total. The fraction of sp³-hybridized carbons (Fsp3) is 0.292. The van der Waals surface area contributed by atoms with Crippen LogP contribution >= 0.6 is 12.4 Å². The minimum Gasteiger partial charge on any atom is -0.366 e. The van der Waals surface area contributed by atoms with Crippen LogP contribution in [0.15, 0.2) is 66.3 Å². The average Bonchev–Trinajstić information content (AvgIpc) is 3.09. The minimum atomic E-state index is -1.61. The summed E-state index contributed by atoms with van der Waals surface area (Å²) in [4.78, 5) is 11.4. The normalized spacial score (nSPS) is 21.0. The van der Waals surface area contributed by atoms with Gasteiger partial charge in [-0.25, -0.2) is 4.39 Å². The van der Waals surface area contributed by atoms with Crippen LogP contribution in [0.2, 0.25) is 0 Å². The lowest BCUT2D eigenvalue weighted by Gasteiger charge is -2.28. The van der Waals surface area contributed by atoms with Crippen molar-refractivity contribution in [3.8, 4) is 0 Å². The Morgan fingerprint density at radius 3 is 2.45 bits per heavy atom. The van der Waals surface area contributed by atoms with Crippen molar-refractivity contribution in [3.05, 3.63) is 88.5 Å². The van der Waals surface area contributed by atoms with Gasteiger partial charge < -0.3 is 11.1 Å². The number of alkyl halides is 1. The summed E-state index contributed by atoms with van der Waals surface area (Å²) in [6.45, 7) is 2.25. The number of benzene rings is 2. The van der Waals surface area contributed by atoms with Crippen molar-refractivity contribution in [3.63, 3.8) is 0 Å². The number of hydrogen-bond acceptors (Lipinski definition) is 2. The highest BCUT2D eigenvalue weighted by atomic mass is 35.5. The van der Waals surface area contributed by atoms with Gasteiger partial charge in [0.1, 0.15) is 5.67 Å². The zero-order valence-electron chi connectivity index (χ0n) is 16.5. The Bertz CT molecular complexity index is 955. The summed E-state index contributed by atoms with van der Waals surface area (Å²) in [5.41, 5.74) is 9.43. The second-order valence-corrected chi connectivity index (χ2v) is 7.97. The van der Waals surface area contributed by atoms with Gasteiger partial charge in [-0.3, -0.25) is 4.79 Å². The van der Waals surface area contributed by atoms with Crippen LogP contribution in [0, 0.1) is 0 Å².